The average molecular weight is 279 g/mol. The van der Waals surface area contributed by atoms with Crippen LogP contribution in [0.2, 0.25) is 0 Å². The lowest BCUT2D eigenvalue weighted by Gasteiger charge is -2.27. The van der Waals surface area contributed by atoms with E-state index in [1.165, 1.54) is 0 Å². The third-order valence-electron chi connectivity index (χ3n) is 3.52. The van der Waals surface area contributed by atoms with E-state index in [2.05, 4.69) is 39.9 Å². The van der Waals surface area contributed by atoms with E-state index >= 15 is 0 Å². The molecule has 0 saturated heterocycles. The third-order valence-corrected chi connectivity index (χ3v) is 3.52. The topological polar surface area (TPSA) is 12.0 Å². The van der Waals surface area contributed by atoms with Gasteiger partial charge in [0.15, 0.2) is 0 Å². The number of benzene rings is 1. The molecule has 0 spiro atoms. The van der Waals surface area contributed by atoms with Crippen LogP contribution in [0.25, 0.3) is 0 Å². The second-order valence-corrected chi connectivity index (χ2v) is 7.13. The average Bonchev–Trinajstić information content (AvgIpc) is 2.33. The highest BCUT2D eigenvalue weighted by atomic mass is 19.1. The standard InChI is InChI=1S/C18H30FN/c1-6-11-20-17(12-14(2)13-18(3,4)5)15-9-7-8-10-16(15)19/h7-10,14,17,20H,6,11-13H2,1-5H3. The van der Waals surface area contributed by atoms with E-state index in [-0.39, 0.29) is 11.9 Å². The van der Waals surface area contributed by atoms with E-state index in [1.54, 1.807) is 12.1 Å². The molecule has 0 heterocycles. The van der Waals surface area contributed by atoms with Crippen molar-refractivity contribution in [3.63, 3.8) is 0 Å². The Balaban J connectivity index is 2.77. The molecule has 0 aliphatic heterocycles. The Hall–Kier alpha value is -0.890. The first-order valence-electron chi connectivity index (χ1n) is 7.81. The first kappa shape index (κ1) is 17.2. The molecule has 2 unspecified atom stereocenters. The molecule has 0 bridgehead atoms. The lowest BCUT2D eigenvalue weighted by molar-refractivity contribution is 0.274. The number of nitrogens with one attached hydrogen (secondary N) is 1. The molecule has 0 aromatic heterocycles. The van der Waals surface area contributed by atoms with Gasteiger partial charge in [0.05, 0.1) is 0 Å². The molecule has 1 aromatic carbocycles. The van der Waals surface area contributed by atoms with Crippen molar-refractivity contribution >= 4 is 0 Å². The fourth-order valence-electron chi connectivity index (χ4n) is 2.93. The van der Waals surface area contributed by atoms with Gasteiger partial charge in [-0.25, -0.2) is 4.39 Å². The van der Waals surface area contributed by atoms with Gasteiger partial charge >= 0.3 is 0 Å². The first-order chi connectivity index (χ1) is 9.33. The summed E-state index contributed by atoms with van der Waals surface area (Å²) in [4.78, 5) is 0. The Bertz CT molecular complexity index is 395. The highest BCUT2D eigenvalue weighted by Gasteiger charge is 2.21. The van der Waals surface area contributed by atoms with Crippen molar-refractivity contribution in [3.8, 4) is 0 Å². The van der Waals surface area contributed by atoms with Crippen LogP contribution in [0.3, 0.4) is 0 Å². The van der Waals surface area contributed by atoms with Gasteiger partial charge in [-0.1, -0.05) is 52.8 Å². The summed E-state index contributed by atoms with van der Waals surface area (Å²) in [6.07, 6.45) is 3.21. The van der Waals surface area contributed by atoms with Crippen LogP contribution in [0, 0.1) is 17.2 Å². The summed E-state index contributed by atoms with van der Waals surface area (Å²) in [7, 11) is 0. The molecule has 1 N–H and O–H groups in total. The van der Waals surface area contributed by atoms with Crippen LogP contribution in [0.5, 0.6) is 0 Å². The van der Waals surface area contributed by atoms with E-state index in [4.69, 9.17) is 0 Å². The summed E-state index contributed by atoms with van der Waals surface area (Å²) < 4.78 is 14.0. The van der Waals surface area contributed by atoms with Crippen molar-refractivity contribution in [1.29, 1.82) is 0 Å². The molecule has 0 amide bonds. The van der Waals surface area contributed by atoms with Crippen molar-refractivity contribution < 1.29 is 4.39 Å². The predicted molar refractivity (Wildman–Crippen MR) is 85.3 cm³/mol. The zero-order valence-corrected chi connectivity index (χ0v) is 13.7. The molecule has 1 nitrogen and oxygen atoms in total. The van der Waals surface area contributed by atoms with Gasteiger partial charge in [-0.05, 0) is 43.2 Å². The molecular formula is C18H30FN. The largest absolute Gasteiger partial charge is 0.310 e. The smallest absolute Gasteiger partial charge is 0.127 e. The SMILES string of the molecule is CCCNC(CC(C)CC(C)(C)C)c1ccccc1F. The van der Waals surface area contributed by atoms with Gasteiger partial charge in [0, 0.05) is 11.6 Å². The van der Waals surface area contributed by atoms with Gasteiger partial charge in [-0.2, -0.15) is 0 Å². The fourth-order valence-corrected chi connectivity index (χ4v) is 2.93. The van der Waals surface area contributed by atoms with E-state index < -0.39 is 0 Å². The van der Waals surface area contributed by atoms with Gasteiger partial charge in [-0.3, -0.25) is 0 Å². The van der Waals surface area contributed by atoms with Crippen LogP contribution in [-0.2, 0) is 0 Å². The fraction of sp³-hybridized carbons (Fsp3) is 0.667. The molecule has 20 heavy (non-hydrogen) atoms. The minimum absolute atomic E-state index is 0.0935. The molecular weight excluding hydrogens is 249 g/mol. The minimum atomic E-state index is -0.0935. The Morgan fingerprint density at radius 3 is 2.40 bits per heavy atom. The zero-order valence-electron chi connectivity index (χ0n) is 13.7. The lowest BCUT2D eigenvalue weighted by Crippen LogP contribution is -2.26. The lowest BCUT2D eigenvalue weighted by atomic mass is 9.82. The Labute approximate surface area is 124 Å². The van der Waals surface area contributed by atoms with Crippen molar-refractivity contribution in [1.82, 2.24) is 5.32 Å². The molecule has 1 aromatic rings. The monoisotopic (exact) mass is 279 g/mol. The maximum Gasteiger partial charge on any atom is 0.127 e. The summed E-state index contributed by atoms with van der Waals surface area (Å²) in [6, 6.07) is 7.27. The zero-order chi connectivity index (χ0) is 15.2. The summed E-state index contributed by atoms with van der Waals surface area (Å²) >= 11 is 0. The molecule has 0 radical (unpaired) electrons. The van der Waals surface area contributed by atoms with Gasteiger partial charge in [-0.15, -0.1) is 0 Å². The number of halogens is 1. The predicted octanol–water partition coefficient (Wildman–Crippen LogP) is 5.33. The Morgan fingerprint density at radius 1 is 1.20 bits per heavy atom. The van der Waals surface area contributed by atoms with Gasteiger partial charge in [0.25, 0.3) is 0 Å². The Morgan fingerprint density at radius 2 is 1.85 bits per heavy atom. The van der Waals surface area contributed by atoms with Crippen LogP contribution in [-0.4, -0.2) is 6.54 Å². The second-order valence-electron chi connectivity index (χ2n) is 7.13. The summed E-state index contributed by atoms with van der Waals surface area (Å²) in [5, 5.41) is 3.50. The summed E-state index contributed by atoms with van der Waals surface area (Å²) in [6.45, 7) is 12.1. The summed E-state index contributed by atoms with van der Waals surface area (Å²) in [5.41, 5.74) is 1.13. The minimum Gasteiger partial charge on any atom is -0.310 e. The molecule has 0 saturated carbocycles. The van der Waals surface area contributed by atoms with E-state index in [1.807, 2.05) is 12.1 Å². The summed E-state index contributed by atoms with van der Waals surface area (Å²) in [5.74, 6) is 0.480. The second kappa shape index (κ2) is 7.78. The normalized spacial score (nSPS) is 15.1. The molecule has 0 fully saturated rings. The molecule has 0 aliphatic carbocycles. The Kier molecular flexibility index (Phi) is 6.67. The number of hydrogen-bond donors (Lipinski definition) is 1. The van der Waals surface area contributed by atoms with Crippen molar-refractivity contribution in [2.24, 2.45) is 11.3 Å². The highest BCUT2D eigenvalue weighted by Crippen LogP contribution is 2.31. The van der Waals surface area contributed by atoms with Gasteiger partial charge in [0.2, 0.25) is 0 Å². The van der Waals surface area contributed by atoms with Crippen molar-refractivity contribution in [2.75, 3.05) is 6.54 Å². The molecule has 0 aliphatic rings. The molecule has 2 heteroatoms. The quantitative estimate of drug-likeness (QED) is 0.711. The maximum atomic E-state index is 14.0. The van der Waals surface area contributed by atoms with Crippen molar-refractivity contribution in [3.05, 3.63) is 35.6 Å². The molecule has 1 rings (SSSR count). The van der Waals surface area contributed by atoms with Crippen LogP contribution >= 0.6 is 0 Å². The van der Waals surface area contributed by atoms with Gasteiger partial charge < -0.3 is 5.32 Å². The third kappa shape index (κ3) is 6.04. The van der Waals surface area contributed by atoms with Crippen LogP contribution < -0.4 is 5.32 Å². The molecule has 114 valence electrons. The van der Waals surface area contributed by atoms with Crippen molar-refractivity contribution in [2.45, 2.75) is 59.9 Å². The number of rotatable bonds is 7. The van der Waals surface area contributed by atoms with Gasteiger partial charge in [0.1, 0.15) is 5.82 Å². The van der Waals surface area contributed by atoms with Crippen LogP contribution in [0.4, 0.5) is 4.39 Å². The van der Waals surface area contributed by atoms with Crippen LogP contribution in [0.15, 0.2) is 24.3 Å². The van der Waals surface area contributed by atoms with E-state index in [9.17, 15) is 4.39 Å². The molecule has 2 atom stereocenters. The number of hydrogen-bond acceptors (Lipinski definition) is 1. The maximum absolute atomic E-state index is 14.0. The highest BCUT2D eigenvalue weighted by molar-refractivity contribution is 5.21. The van der Waals surface area contributed by atoms with E-state index in [0.29, 0.717) is 11.3 Å². The first-order valence-corrected chi connectivity index (χ1v) is 7.81. The van der Waals surface area contributed by atoms with E-state index in [0.717, 1.165) is 31.4 Å². The van der Waals surface area contributed by atoms with Crippen LogP contribution in [0.1, 0.15) is 65.5 Å².